The average molecular weight is 598 g/mol. The minimum absolute atomic E-state index is 0.144. The first kappa shape index (κ1) is 41.4. The Balaban J connectivity index is 3.64. The third-order valence-electron chi connectivity index (χ3n) is 8.89. The lowest BCUT2D eigenvalue weighted by Crippen LogP contribution is -2.50. The molecule has 42 heavy (non-hydrogen) atoms. The number of hydrogen-bond donors (Lipinski definition) is 4. The Labute approximate surface area is 262 Å². The van der Waals surface area contributed by atoms with Crippen molar-refractivity contribution >= 4 is 5.91 Å². The van der Waals surface area contributed by atoms with Crippen LogP contribution in [0, 0.1) is 5.92 Å². The predicted octanol–water partition coefficient (Wildman–Crippen LogP) is 9.78. The summed E-state index contributed by atoms with van der Waals surface area (Å²) < 4.78 is 0. The van der Waals surface area contributed by atoms with Crippen molar-refractivity contribution in [3.63, 3.8) is 0 Å². The number of aliphatic hydroxyl groups excluding tert-OH is 3. The quantitative estimate of drug-likeness (QED) is 0.0567. The first-order valence-corrected chi connectivity index (χ1v) is 18.7. The molecule has 0 saturated carbocycles. The van der Waals surface area contributed by atoms with E-state index in [9.17, 15) is 20.1 Å². The van der Waals surface area contributed by atoms with Crippen molar-refractivity contribution in [1.82, 2.24) is 5.32 Å². The SMILES string of the molecule is CCCCCCCCCCCCCCCCCCCC(=O)N[C@@H](CO)[C@H](O)[C@H](O)CCCCCCCCCCC(C)C. The molecule has 0 aromatic heterocycles. The maximum atomic E-state index is 12.3. The van der Waals surface area contributed by atoms with E-state index in [1.54, 1.807) is 0 Å². The van der Waals surface area contributed by atoms with Crippen LogP contribution in [0.15, 0.2) is 0 Å². The van der Waals surface area contributed by atoms with Crippen LogP contribution in [0.2, 0.25) is 0 Å². The van der Waals surface area contributed by atoms with Gasteiger partial charge < -0.3 is 20.6 Å². The molecule has 0 bridgehead atoms. The standard InChI is InChI=1S/C37H75NO4/c1-4-5-6-7-8-9-10-11-12-13-14-15-16-17-22-25-28-31-36(41)38-34(32-39)37(42)35(40)30-27-24-21-19-18-20-23-26-29-33(2)3/h33-35,37,39-40,42H,4-32H2,1-3H3,(H,38,41)/t34-,35+,37-/m0/s1. The second-order valence-corrected chi connectivity index (χ2v) is 13.6. The second-order valence-electron chi connectivity index (χ2n) is 13.6. The summed E-state index contributed by atoms with van der Waals surface area (Å²) in [5.41, 5.74) is 0. The van der Waals surface area contributed by atoms with Gasteiger partial charge in [-0.1, -0.05) is 181 Å². The molecule has 0 fully saturated rings. The molecule has 0 rings (SSSR count). The van der Waals surface area contributed by atoms with Crippen LogP contribution in [-0.4, -0.2) is 46.1 Å². The van der Waals surface area contributed by atoms with E-state index in [-0.39, 0.29) is 12.5 Å². The Kier molecular flexibility index (Phi) is 31.3. The number of carbonyl (C=O) groups is 1. The van der Waals surface area contributed by atoms with E-state index in [4.69, 9.17) is 0 Å². The highest BCUT2D eigenvalue weighted by atomic mass is 16.3. The molecule has 4 N–H and O–H groups in total. The molecule has 5 nitrogen and oxygen atoms in total. The fraction of sp³-hybridized carbons (Fsp3) is 0.973. The molecule has 0 aromatic rings. The number of unbranched alkanes of at least 4 members (excludes halogenated alkanes) is 23. The third kappa shape index (κ3) is 28.1. The van der Waals surface area contributed by atoms with Crippen molar-refractivity contribution in [1.29, 1.82) is 0 Å². The van der Waals surface area contributed by atoms with E-state index in [2.05, 4.69) is 26.1 Å². The van der Waals surface area contributed by atoms with Gasteiger partial charge in [0.2, 0.25) is 5.91 Å². The first-order chi connectivity index (χ1) is 20.4. The van der Waals surface area contributed by atoms with Gasteiger partial charge in [0.15, 0.2) is 0 Å². The van der Waals surface area contributed by atoms with E-state index in [0.717, 1.165) is 44.4 Å². The summed E-state index contributed by atoms with van der Waals surface area (Å²) in [6.07, 6.45) is 32.0. The lowest BCUT2D eigenvalue weighted by atomic mass is 9.99. The van der Waals surface area contributed by atoms with Crippen LogP contribution in [0.4, 0.5) is 0 Å². The smallest absolute Gasteiger partial charge is 0.220 e. The number of carbonyl (C=O) groups excluding carboxylic acids is 1. The van der Waals surface area contributed by atoms with E-state index in [1.165, 1.54) is 128 Å². The minimum Gasteiger partial charge on any atom is -0.394 e. The van der Waals surface area contributed by atoms with Gasteiger partial charge in [-0.2, -0.15) is 0 Å². The summed E-state index contributed by atoms with van der Waals surface area (Å²) in [4.78, 5) is 12.3. The summed E-state index contributed by atoms with van der Waals surface area (Å²) in [6, 6.07) is -0.802. The maximum Gasteiger partial charge on any atom is 0.220 e. The fourth-order valence-electron chi connectivity index (χ4n) is 5.93. The largest absolute Gasteiger partial charge is 0.394 e. The van der Waals surface area contributed by atoms with E-state index in [1.807, 2.05) is 0 Å². The molecule has 1 amide bonds. The number of nitrogens with one attached hydrogen (secondary N) is 1. The van der Waals surface area contributed by atoms with Crippen molar-refractivity contribution in [2.75, 3.05) is 6.61 Å². The highest BCUT2D eigenvalue weighted by Gasteiger charge is 2.26. The maximum absolute atomic E-state index is 12.3. The Bertz CT molecular complexity index is 556. The topological polar surface area (TPSA) is 89.8 Å². The van der Waals surface area contributed by atoms with Crippen LogP contribution in [0.1, 0.15) is 201 Å². The highest BCUT2D eigenvalue weighted by Crippen LogP contribution is 2.16. The van der Waals surface area contributed by atoms with Crippen LogP contribution < -0.4 is 5.32 Å². The van der Waals surface area contributed by atoms with Gasteiger partial charge in [-0.05, 0) is 18.8 Å². The van der Waals surface area contributed by atoms with Gasteiger partial charge in [0.25, 0.3) is 0 Å². The van der Waals surface area contributed by atoms with E-state index < -0.39 is 18.2 Å². The van der Waals surface area contributed by atoms with Crippen molar-refractivity contribution in [3.8, 4) is 0 Å². The molecule has 0 saturated heterocycles. The average Bonchev–Trinajstić information content (AvgIpc) is 2.97. The zero-order valence-corrected chi connectivity index (χ0v) is 28.6. The molecule has 0 aromatic carbocycles. The molecular weight excluding hydrogens is 522 g/mol. The molecule has 252 valence electrons. The van der Waals surface area contributed by atoms with Crippen molar-refractivity contribution in [2.24, 2.45) is 5.92 Å². The highest BCUT2D eigenvalue weighted by molar-refractivity contribution is 5.76. The van der Waals surface area contributed by atoms with Crippen molar-refractivity contribution < 1.29 is 20.1 Å². The molecular formula is C37H75NO4. The van der Waals surface area contributed by atoms with Crippen LogP contribution in [0.5, 0.6) is 0 Å². The second kappa shape index (κ2) is 31.8. The fourth-order valence-corrected chi connectivity index (χ4v) is 5.93. The summed E-state index contributed by atoms with van der Waals surface area (Å²) in [6.45, 7) is 6.48. The summed E-state index contributed by atoms with van der Waals surface area (Å²) in [5.74, 6) is 0.661. The van der Waals surface area contributed by atoms with Gasteiger partial charge in [-0.3, -0.25) is 4.79 Å². The summed E-state index contributed by atoms with van der Waals surface area (Å²) in [7, 11) is 0. The first-order valence-electron chi connectivity index (χ1n) is 18.7. The monoisotopic (exact) mass is 598 g/mol. The number of rotatable bonds is 33. The van der Waals surface area contributed by atoms with Crippen LogP contribution >= 0.6 is 0 Å². The van der Waals surface area contributed by atoms with Gasteiger partial charge in [0.1, 0.15) is 6.10 Å². The number of hydrogen-bond acceptors (Lipinski definition) is 4. The molecule has 0 aliphatic heterocycles. The normalized spacial score (nSPS) is 13.9. The van der Waals surface area contributed by atoms with Crippen LogP contribution in [-0.2, 0) is 4.79 Å². The lowest BCUT2D eigenvalue weighted by Gasteiger charge is -2.26. The molecule has 3 atom stereocenters. The number of amides is 1. The molecule has 0 unspecified atom stereocenters. The molecule has 0 aliphatic carbocycles. The van der Waals surface area contributed by atoms with Gasteiger partial charge in [0, 0.05) is 6.42 Å². The van der Waals surface area contributed by atoms with Crippen LogP contribution in [0.3, 0.4) is 0 Å². The van der Waals surface area contributed by atoms with Crippen molar-refractivity contribution in [3.05, 3.63) is 0 Å². The molecule has 0 aliphatic rings. The van der Waals surface area contributed by atoms with Gasteiger partial charge in [-0.25, -0.2) is 0 Å². The summed E-state index contributed by atoms with van der Waals surface area (Å²) in [5, 5.41) is 33.3. The molecule has 0 spiro atoms. The Morgan fingerprint density at radius 1 is 0.548 bits per heavy atom. The Morgan fingerprint density at radius 2 is 0.905 bits per heavy atom. The van der Waals surface area contributed by atoms with E-state index in [0.29, 0.717) is 12.8 Å². The number of aliphatic hydroxyl groups is 3. The van der Waals surface area contributed by atoms with Gasteiger partial charge in [0.05, 0.1) is 18.8 Å². The van der Waals surface area contributed by atoms with Crippen LogP contribution in [0.25, 0.3) is 0 Å². The minimum atomic E-state index is -1.13. The Hall–Kier alpha value is -0.650. The zero-order valence-electron chi connectivity index (χ0n) is 28.6. The lowest BCUT2D eigenvalue weighted by molar-refractivity contribution is -0.124. The molecule has 0 radical (unpaired) electrons. The van der Waals surface area contributed by atoms with Crippen molar-refractivity contribution in [2.45, 2.75) is 219 Å². The zero-order chi connectivity index (χ0) is 31.1. The third-order valence-corrected chi connectivity index (χ3v) is 8.89. The molecule has 5 heteroatoms. The molecule has 0 heterocycles. The summed E-state index contributed by atoms with van der Waals surface area (Å²) >= 11 is 0. The Morgan fingerprint density at radius 3 is 1.29 bits per heavy atom. The van der Waals surface area contributed by atoms with Gasteiger partial charge in [-0.15, -0.1) is 0 Å². The van der Waals surface area contributed by atoms with E-state index >= 15 is 0 Å². The van der Waals surface area contributed by atoms with Gasteiger partial charge >= 0.3 is 0 Å². The predicted molar refractivity (Wildman–Crippen MR) is 181 cm³/mol.